The smallest absolute Gasteiger partial charge is 0.167 e. The highest BCUT2D eigenvalue weighted by Crippen LogP contribution is 2.23. The van der Waals surface area contributed by atoms with Gasteiger partial charge in [0, 0.05) is 6.54 Å². The molecule has 3 rings (SSSR count). The second-order valence-electron chi connectivity index (χ2n) is 4.44. The SMILES string of the molecule is Cl.NCc1cc(-c2cccs2)nc(COc2ccccc2)n1. The van der Waals surface area contributed by atoms with E-state index in [2.05, 4.69) is 9.97 Å². The van der Waals surface area contributed by atoms with Crippen LogP contribution in [0.4, 0.5) is 0 Å². The van der Waals surface area contributed by atoms with E-state index in [-0.39, 0.29) is 12.4 Å². The second-order valence-corrected chi connectivity index (χ2v) is 5.39. The lowest BCUT2D eigenvalue weighted by Gasteiger charge is -2.08. The van der Waals surface area contributed by atoms with Crippen molar-refractivity contribution in [3.05, 3.63) is 65.4 Å². The number of halogens is 1. The molecule has 1 aromatic carbocycles. The fourth-order valence-electron chi connectivity index (χ4n) is 1.94. The molecule has 0 fully saturated rings. The Morgan fingerprint density at radius 1 is 1.05 bits per heavy atom. The van der Waals surface area contributed by atoms with Crippen molar-refractivity contribution < 1.29 is 4.74 Å². The third-order valence-corrected chi connectivity index (χ3v) is 3.81. The summed E-state index contributed by atoms with van der Waals surface area (Å²) in [5.41, 5.74) is 7.44. The molecule has 0 radical (unpaired) electrons. The molecule has 0 aliphatic carbocycles. The number of benzene rings is 1. The topological polar surface area (TPSA) is 61.0 Å². The summed E-state index contributed by atoms with van der Waals surface area (Å²) in [5.74, 6) is 1.45. The zero-order valence-corrected chi connectivity index (χ0v) is 13.4. The minimum absolute atomic E-state index is 0. The molecule has 0 aliphatic rings. The predicted molar refractivity (Wildman–Crippen MR) is 91.3 cm³/mol. The van der Waals surface area contributed by atoms with E-state index in [9.17, 15) is 0 Å². The standard InChI is InChI=1S/C16H15N3OS.ClH/c17-10-12-9-14(15-7-4-8-21-15)19-16(18-12)11-20-13-5-2-1-3-6-13;/h1-9H,10-11,17H2;1H. The average Bonchev–Trinajstić information content (AvgIpc) is 3.08. The fourth-order valence-corrected chi connectivity index (χ4v) is 2.62. The summed E-state index contributed by atoms with van der Waals surface area (Å²) >= 11 is 1.65. The predicted octanol–water partition coefficient (Wildman–Crippen LogP) is 3.66. The van der Waals surface area contributed by atoms with Crippen LogP contribution in [0.15, 0.2) is 53.9 Å². The van der Waals surface area contributed by atoms with Gasteiger partial charge in [0.25, 0.3) is 0 Å². The van der Waals surface area contributed by atoms with Crippen LogP contribution in [-0.4, -0.2) is 9.97 Å². The fraction of sp³-hybridized carbons (Fsp3) is 0.125. The zero-order valence-electron chi connectivity index (χ0n) is 11.8. The van der Waals surface area contributed by atoms with Crippen molar-refractivity contribution in [2.24, 2.45) is 5.73 Å². The monoisotopic (exact) mass is 333 g/mol. The minimum Gasteiger partial charge on any atom is -0.486 e. The van der Waals surface area contributed by atoms with Gasteiger partial charge in [0.2, 0.25) is 0 Å². The molecule has 2 aromatic heterocycles. The van der Waals surface area contributed by atoms with Crippen LogP contribution >= 0.6 is 23.7 Å². The van der Waals surface area contributed by atoms with E-state index < -0.39 is 0 Å². The Labute approximate surface area is 139 Å². The summed E-state index contributed by atoms with van der Waals surface area (Å²) in [7, 11) is 0. The van der Waals surface area contributed by atoms with E-state index in [0.29, 0.717) is 19.0 Å². The zero-order chi connectivity index (χ0) is 14.5. The maximum Gasteiger partial charge on any atom is 0.167 e. The normalized spacial score (nSPS) is 10.0. The van der Waals surface area contributed by atoms with Gasteiger partial charge < -0.3 is 10.5 Å². The van der Waals surface area contributed by atoms with Crippen molar-refractivity contribution in [1.82, 2.24) is 9.97 Å². The maximum absolute atomic E-state index is 5.72. The lowest BCUT2D eigenvalue weighted by Crippen LogP contribution is -2.08. The second kappa shape index (κ2) is 7.89. The number of nitrogens with zero attached hydrogens (tertiary/aromatic N) is 2. The summed E-state index contributed by atoms with van der Waals surface area (Å²) in [6, 6.07) is 15.6. The molecule has 114 valence electrons. The Kier molecular flexibility index (Phi) is 5.89. The molecule has 6 heteroatoms. The summed E-state index contributed by atoms with van der Waals surface area (Å²) in [5, 5.41) is 2.03. The molecule has 0 aliphatic heterocycles. The molecule has 2 heterocycles. The van der Waals surface area contributed by atoms with Crippen molar-refractivity contribution >= 4 is 23.7 Å². The Morgan fingerprint density at radius 2 is 1.86 bits per heavy atom. The third-order valence-electron chi connectivity index (χ3n) is 2.92. The van der Waals surface area contributed by atoms with Gasteiger partial charge in [0.15, 0.2) is 5.82 Å². The van der Waals surface area contributed by atoms with Gasteiger partial charge in [-0.05, 0) is 29.6 Å². The van der Waals surface area contributed by atoms with Crippen molar-refractivity contribution in [3.63, 3.8) is 0 Å². The van der Waals surface area contributed by atoms with Crippen LogP contribution in [0.25, 0.3) is 10.6 Å². The molecule has 0 amide bonds. The van der Waals surface area contributed by atoms with Gasteiger partial charge >= 0.3 is 0 Å². The van der Waals surface area contributed by atoms with E-state index in [0.717, 1.165) is 22.0 Å². The van der Waals surface area contributed by atoms with Crippen molar-refractivity contribution in [1.29, 1.82) is 0 Å². The summed E-state index contributed by atoms with van der Waals surface area (Å²) in [6.45, 7) is 0.718. The number of hydrogen-bond donors (Lipinski definition) is 1. The van der Waals surface area contributed by atoms with Crippen LogP contribution in [0.5, 0.6) is 5.75 Å². The maximum atomic E-state index is 5.72. The summed E-state index contributed by atoms with van der Waals surface area (Å²) in [6.07, 6.45) is 0. The van der Waals surface area contributed by atoms with Gasteiger partial charge in [0.05, 0.1) is 16.3 Å². The van der Waals surface area contributed by atoms with E-state index in [4.69, 9.17) is 10.5 Å². The van der Waals surface area contributed by atoms with E-state index in [1.165, 1.54) is 0 Å². The number of ether oxygens (including phenoxy) is 1. The van der Waals surface area contributed by atoms with Crippen LogP contribution in [0.1, 0.15) is 11.5 Å². The van der Waals surface area contributed by atoms with E-state index >= 15 is 0 Å². The molecule has 0 saturated carbocycles. The first-order valence-corrected chi connectivity index (χ1v) is 7.52. The van der Waals surface area contributed by atoms with Gasteiger partial charge in [-0.15, -0.1) is 23.7 Å². The molecule has 0 atom stereocenters. The van der Waals surface area contributed by atoms with Gasteiger partial charge in [-0.2, -0.15) is 0 Å². The van der Waals surface area contributed by atoms with Crippen LogP contribution in [0.3, 0.4) is 0 Å². The van der Waals surface area contributed by atoms with Gasteiger partial charge in [-0.3, -0.25) is 0 Å². The van der Waals surface area contributed by atoms with Crippen LogP contribution in [0.2, 0.25) is 0 Å². The van der Waals surface area contributed by atoms with Crippen LogP contribution < -0.4 is 10.5 Å². The number of nitrogens with two attached hydrogens (primary N) is 1. The molecule has 0 spiro atoms. The van der Waals surface area contributed by atoms with Gasteiger partial charge in [-0.1, -0.05) is 24.3 Å². The molecule has 0 bridgehead atoms. The van der Waals surface area contributed by atoms with Crippen molar-refractivity contribution in [2.45, 2.75) is 13.2 Å². The van der Waals surface area contributed by atoms with Crippen molar-refractivity contribution in [3.8, 4) is 16.3 Å². The first-order chi connectivity index (χ1) is 10.3. The van der Waals surface area contributed by atoms with E-state index in [1.807, 2.05) is 53.9 Å². The lowest BCUT2D eigenvalue weighted by atomic mass is 10.2. The summed E-state index contributed by atoms with van der Waals surface area (Å²) < 4.78 is 5.70. The highest BCUT2D eigenvalue weighted by Gasteiger charge is 2.07. The average molecular weight is 334 g/mol. The highest BCUT2D eigenvalue weighted by atomic mass is 35.5. The number of para-hydroxylation sites is 1. The number of thiophene rings is 1. The first-order valence-electron chi connectivity index (χ1n) is 6.64. The van der Waals surface area contributed by atoms with Gasteiger partial charge in [-0.25, -0.2) is 9.97 Å². The van der Waals surface area contributed by atoms with Crippen LogP contribution in [-0.2, 0) is 13.2 Å². The largest absolute Gasteiger partial charge is 0.486 e. The number of aromatic nitrogens is 2. The van der Waals surface area contributed by atoms with Crippen molar-refractivity contribution in [2.75, 3.05) is 0 Å². The van der Waals surface area contributed by atoms with Crippen LogP contribution in [0, 0.1) is 0 Å². The van der Waals surface area contributed by atoms with E-state index in [1.54, 1.807) is 11.3 Å². The number of rotatable bonds is 5. The lowest BCUT2D eigenvalue weighted by molar-refractivity contribution is 0.295. The molecular weight excluding hydrogens is 318 g/mol. The first kappa shape index (κ1) is 16.4. The Bertz CT molecular complexity index is 705. The highest BCUT2D eigenvalue weighted by molar-refractivity contribution is 7.13. The molecular formula is C16H16ClN3OS. The molecule has 3 aromatic rings. The Morgan fingerprint density at radius 3 is 2.55 bits per heavy atom. The third kappa shape index (κ3) is 4.04. The molecule has 0 saturated heterocycles. The quantitative estimate of drug-likeness (QED) is 0.774. The molecule has 4 nitrogen and oxygen atoms in total. The van der Waals surface area contributed by atoms with Gasteiger partial charge in [0.1, 0.15) is 12.4 Å². The number of hydrogen-bond acceptors (Lipinski definition) is 5. The molecule has 0 unspecified atom stereocenters. The molecule has 2 N–H and O–H groups in total. The molecule has 22 heavy (non-hydrogen) atoms. The Balaban J connectivity index is 0.00000176. The summed E-state index contributed by atoms with van der Waals surface area (Å²) in [4.78, 5) is 10.1. The Hall–Kier alpha value is -1.95. The minimum atomic E-state index is 0.